The molecule has 15 heteroatoms. The van der Waals surface area contributed by atoms with Gasteiger partial charge in [0.15, 0.2) is 0 Å². The maximum absolute atomic E-state index is 12.0. The lowest BCUT2D eigenvalue weighted by Crippen LogP contribution is -2.46. The fourth-order valence-electron chi connectivity index (χ4n) is 4.87. The Bertz CT molecular complexity index is 890. The molecule has 0 radical (unpaired) electrons. The van der Waals surface area contributed by atoms with Crippen LogP contribution in [0.4, 0.5) is 4.79 Å². The van der Waals surface area contributed by atoms with E-state index in [9.17, 15) is 33.9 Å². The highest BCUT2D eigenvalue weighted by Crippen LogP contribution is 2.33. The summed E-state index contributed by atoms with van der Waals surface area (Å²) >= 11 is 1.86. The second kappa shape index (κ2) is 17.6. The third-order valence-corrected chi connectivity index (χ3v) is 8.37. The van der Waals surface area contributed by atoms with E-state index in [0.717, 1.165) is 29.9 Å². The number of rotatable bonds is 21. The summed E-state index contributed by atoms with van der Waals surface area (Å²) in [5.41, 5.74) is 0. The Balaban J connectivity index is 1.47. The summed E-state index contributed by atoms with van der Waals surface area (Å²) in [7, 11) is 0. The van der Waals surface area contributed by atoms with Gasteiger partial charge < -0.3 is 36.6 Å². The number of thioether (sulfide) groups is 1. The number of carboxylic acid groups (broad SMARTS) is 3. The van der Waals surface area contributed by atoms with Crippen LogP contribution in [0.5, 0.6) is 0 Å². The van der Waals surface area contributed by atoms with E-state index in [1.807, 2.05) is 11.8 Å². The number of urea groups is 1. The Hall–Kier alpha value is -3.07. The number of hydrogen-bond donors (Lipinski definition) is 7. The smallest absolute Gasteiger partial charge is 0.320 e. The zero-order valence-electron chi connectivity index (χ0n) is 22.6. The van der Waals surface area contributed by atoms with Gasteiger partial charge in [0, 0.05) is 36.9 Å². The molecule has 0 aliphatic carbocycles. The highest BCUT2D eigenvalue weighted by atomic mass is 32.2. The van der Waals surface area contributed by atoms with Gasteiger partial charge in [-0.25, -0.2) is 4.79 Å². The fourth-order valence-corrected chi connectivity index (χ4v) is 6.41. The Labute approximate surface area is 237 Å². The molecule has 0 spiro atoms. The van der Waals surface area contributed by atoms with Crippen molar-refractivity contribution >= 4 is 47.5 Å². The Kier molecular flexibility index (Phi) is 14.6. The summed E-state index contributed by atoms with van der Waals surface area (Å²) in [5.74, 6) is -3.16. The summed E-state index contributed by atoms with van der Waals surface area (Å²) < 4.78 is 0. The van der Waals surface area contributed by atoms with Gasteiger partial charge in [0.1, 0.15) is 6.04 Å². The quantitative estimate of drug-likeness (QED) is 0.0712. The minimum atomic E-state index is -1.31. The number of nitrogens with one attached hydrogen (secondary N) is 4. The molecular weight excluding hydrogens is 546 g/mol. The zero-order chi connectivity index (χ0) is 29.5. The third-order valence-electron chi connectivity index (χ3n) is 6.86. The van der Waals surface area contributed by atoms with Gasteiger partial charge in [0.25, 0.3) is 0 Å². The summed E-state index contributed by atoms with van der Waals surface area (Å²) in [6, 6.07) is -0.952. The molecule has 2 heterocycles. The van der Waals surface area contributed by atoms with Gasteiger partial charge in [-0.3, -0.25) is 28.9 Å². The minimum absolute atomic E-state index is 0.0119. The molecule has 0 bridgehead atoms. The molecule has 4 atom stereocenters. The second-order valence-electron chi connectivity index (χ2n) is 10.1. The Morgan fingerprint density at radius 2 is 1.43 bits per heavy atom. The molecule has 0 aromatic rings. The molecule has 2 rings (SSSR count). The van der Waals surface area contributed by atoms with Crippen LogP contribution in [0.3, 0.4) is 0 Å². The molecular formula is C25H41N5O9S. The first-order valence-electron chi connectivity index (χ1n) is 13.7. The van der Waals surface area contributed by atoms with Crippen molar-refractivity contribution < 1.29 is 44.1 Å². The van der Waals surface area contributed by atoms with Gasteiger partial charge >= 0.3 is 23.9 Å². The fraction of sp³-hybridized carbons (Fsp3) is 0.760. The molecule has 40 heavy (non-hydrogen) atoms. The molecule has 2 aliphatic rings. The molecule has 14 nitrogen and oxygen atoms in total. The van der Waals surface area contributed by atoms with E-state index in [1.54, 1.807) is 0 Å². The van der Waals surface area contributed by atoms with Crippen molar-refractivity contribution in [3.05, 3.63) is 0 Å². The van der Waals surface area contributed by atoms with Gasteiger partial charge in [0.2, 0.25) is 11.8 Å². The van der Waals surface area contributed by atoms with E-state index in [2.05, 4.69) is 21.3 Å². The topological polar surface area (TPSA) is 214 Å². The molecule has 0 aromatic carbocycles. The van der Waals surface area contributed by atoms with Crippen molar-refractivity contribution in [2.75, 3.05) is 31.9 Å². The molecule has 0 saturated carbocycles. The molecule has 0 aromatic heterocycles. The van der Waals surface area contributed by atoms with Gasteiger partial charge in [-0.2, -0.15) is 11.8 Å². The summed E-state index contributed by atoms with van der Waals surface area (Å²) in [4.78, 5) is 69.8. The summed E-state index contributed by atoms with van der Waals surface area (Å²) in [6.45, 7) is -0.572. The lowest BCUT2D eigenvalue weighted by Gasteiger charge is -2.25. The summed E-state index contributed by atoms with van der Waals surface area (Å²) in [5, 5.41) is 39.1. The Morgan fingerprint density at radius 3 is 2.00 bits per heavy atom. The lowest BCUT2D eigenvalue weighted by molar-refractivity contribution is -0.149. The van der Waals surface area contributed by atoms with Gasteiger partial charge in [0.05, 0.1) is 25.2 Å². The van der Waals surface area contributed by atoms with E-state index in [1.165, 1.54) is 0 Å². The normalized spacial score (nSPS) is 20.3. The standard InChI is InChI=1S/C25H41N5O9S/c31-19(9-2-1-8-18-23-16(15-40-18)28-25(39)29-23)27-12-6-4-10-20(32)26-11-5-3-7-17(24(37)38)30(13-21(33)34)14-22(35)36/h16-18,23H,1-15H2,(H,26,32)(H,27,31)(H,33,34)(H,35,36)(H,37,38)(H2,28,29,39)/t16-,17?,18-,23-/m0/s1. The van der Waals surface area contributed by atoms with Crippen LogP contribution in [0.15, 0.2) is 0 Å². The maximum Gasteiger partial charge on any atom is 0.320 e. The van der Waals surface area contributed by atoms with Crippen LogP contribution in [-0.2, 0) is 24.0 Å². The predicted molar refractivity (Wildman–Crippen MR) is 146 cm³/mol. The van der Waals surface area contributed by atoms with Crippen molar-refractivity contribution in [3.8, 4) is 0 Å². The molecule has 1 unspecified atom stereocenters. The van der Waals surface area contributed by atoms with Crippen LogP contribution in [-0.4, -0.2) is 111 Å². The van der Waals surface area contributed by atoms with Crippen molar-refractivity contribution in [2.45, 2.75) is 87.6 Å². The monoisotopic (exact) mass is 587 g/mol. The number of unbranched alkanes of at least 4 members (excludes halogenated alkanes) is 3. The van der Waals surface area contributed by atoms with Crippen LogP contribution in [0, 0.1) is 0 Å². The second-order valence-corrected chi connectivity index (χ2v) is 11.3. The minimum Gasteiger partial charge on any atom is -0.480 e. The van der Waals surface area contributed by atoms with Gasteiger partial charge in [-0.05, 0) is 44.9 Å². The first kappa shape index (κ1) is 33.1. The van der Waals surface area contributed by atoms with E-state index in [0.29, 0.717) is 56.9 Å². The number of fused-ring (bicyclic) bond motifs is 1. The van der Waals surface area contributed by atoms with Crippen molar-refractivity contribution in [3.63, 3.8) is 0 Å². The van der Waals surface area contributed by atoms with Crippen LogP contribution >= 0.6 is 11.8 Å². The first-order valence-corrected chi connectivity index (χ1v) is 14.7. The highest BCUT2D eigenvalue weighted by molar-refractivity contribution is 8.00. The highest BCUT2D eigenvalue weighted by Gasteiger charge is 2.42. The van der Waals surface area contributed by atoms with Gasteiger partial charge in [-0.15, -0.1) is 0 Å². The van der Waals surface area contributed by atoms with Crippen molar-refractivity contribution in [1.82, 2.24) is 26.2 Å². The number of carbonyl (C=O) groups excluding carboxylic acids is 3. The average molecular weight is 588 g/mol. The zero-order valence-corrected chi connectivity index (χ0v) is 23.4. The van der Waals surface area contributed by atoms with Crippen molar-refractivity contribution in [2.24, 2.45) is 0 Å². The number of aliphatic carboxylic acids is 3. The van der Waals surface area contributed by atoms with E-state index in [-0.39, 0.29) is 36.3 Å². The first-order chi connectivity index (χ1) is 19.1. The number of hydrogen-bond acceptors (Lipinski definition) is 8. The summed E-state index contributed by atoms with van der Waals surface area (Å²) in [6.07, 6.45) is 5.57. The molecule has 2 saturated heterocycles. The number of carboxylic acids is 3. The van der Waals surface area contributed by atoms with Crippen LogP contribution < -0.4 is 21.3 Å². The molecule has 4 amide bonds. The lowest BCUT2D eigenvalue weighted by atomic mass is 10.0. The maximum atomic E-state index is 12.0. The molecule has 226 valence electrons. The SMILES string of the molecule is O=C(O)CN(CC(=O)O)C(CCCCNC(=O)CCCCNC(=O)CCCC[C@@H]1SC[C@@H]2NC(=O)N[C@@H]21)C(=O)O. The van der Waals surface area contributed by atoms with Crippen LogP contribution in [0.2, 0.25) is 0 Å². The van der Waals surface area contributed by atoms with Crippen molar-refractivity contribution in [1.29, 1.82) is 0 Å². The van der Waals surface area contributed by atoms with Crippen LogP contribution in [0.1, 0.15) is 64.2 Å². The number of nitrogens with zero attached hydrogens (tertiary/aromatic N) is 1. The van der Waals surface area contributed by atoms with E-state index >= 15 is 0 Å². The average Bonchev–Trinajstić information content (AvgIpc) is 3.41. The third kappa shape index (κ3) is 12.4. The van der Waals surface area contributed by atoms with Crippen LogP contribution in [0.25, 0.3) is 0 Å². The predicted octanol–water partition coefficient (Wildman–Crippen LogP) is 0.210. The molecule has 2 aliphatic heterocycles. The molecule has 7 N–H and O–H groups in total. The largest absolute Gasteiger partial charge is 0.480 e. The molecule has 2 fully saturated rings. The van der Waals surface area contributed by atoms with E-state index < -0.39 is 37.0 Å². The number of amides is 4. The Morgan fingerprint density at radius 1 is 0.850 bits per heavy atom. The number of carbonyl (C=O) groups is 6. The van der Waals surface area contributed by atoms with E-state index in [4.69, 9.17) is 10.2 Å². The van der Waals surface area contributed by atoms with Gasteiger partial charge in [-0.1, -0.05) is 6.42 Å².